The average molecular weight is 350 g/mol. The molecule has 2 heterocycles. The van der Waals surface area contributed by atoms with Crippen LogP contribution in [0, 0.1) is 0 Å². The van der Waals surface area contributed by atoms with Gasteiger partial charge in [0.2, 0.25) is 0 Å². The van der Waals surface area contributed by atoms with Crippen LogP contribution >= 0.6 is 39.0 Å². The molecule has 0 spiro atoms. The molecule has 0 aromatic carbocycles. The molecule has 1 aliphatic heterocycles. The van der Waals surface area contributed by atoms with Crippen molar-refractivity contribution in [2.45, 2.75) is 31.9 Å². The van der Waals surface area contributed by atoms with Crippen LogP contribution in [-0.4, -0.2) is 36.8 Å². The predicted octanol–water partition coefficient (Wildman–Crippen LogP) is 3.55. The van der Waals surface area contributed by atoms with Gasteiger partial charge in [-0.2, -0.15) is 11.8 Å². The Bertz CT molecular complexity index is 353. The number of thiophene rings is 1. The minimum absolute atomic E-state index is 0.351. The number of ether oxygens (including phenoxy) is 1. The molecule has 18 heavy (non-hydrogen) atoms. The summed E-state index contributed by atoms with van der Waals surface area (Å²) in [6, 6.07) is 2.57. The van der Waals surface area contributed by atoms with Crippen LogP contribution in [0.2, 0.25) is 0 Å². The highest BCUT2D eigenvalue weighted by molar-refractivity contribution is 9.10. The lowest BCUT2D eigenvalue weighted by atomic mass is 10.1. The summed E-state index contributed by atoms with van der Waals surface area (Å²) in [5.74, 6) is 2.25. The summed E-state index contributed by atoms with van der Waals surface area (Å²) in [5, 5.41) is 5.80. The van der Waals surface area contributed by atoms with Gasteiger partial charge in [-0.1, -0.05) is 6.92 Å². The first-order chi connectivity index (χ1) is 8.81. The van der Waals surface area contributed by atoms with Crippen molar-refractivity contribution in [1.29, 1.82) is 0 Å². The molecule has 1 fully saturated rings. The van der Waals surface area contributed by atoms with Crippen molar-refractivity contribution in [1.82, 2.24) is 5.32 Å². The summed E-state index contributed by atoms with van der Waals surface area (Å²) in [5.41, 5.74) is 0. The van der Waals surface area contributed by atoms with E-state index in [1.165, 1.54) is 15.8 Å². The lowest BCUT2D eigenvalue weighted by Gasteiger charge is -2.31. The normalized spacial score (nSPS) is 22.0. The molecule has 1 aromatic rings. The number of hydrogen-bond donors (Lipinski definition) is 1. The van der Waals surface area contributed by atoms with Crippen LogP contribution in [0.1, 0.15) is 18.2 Å². The molecule has 102 valence electrons. The highest BCUT2D eigenvalue weighted by Gasteiger charge is 2.25. The van der Waals surface area contributed by atoms with E-state index in [-0.39, 0.29) is 0 Å². The van der Waals surface area contributed by atoms with Gasteiger partial charge in [0.15, 0.2) is 0 Å². The van der Waals surface area contributed by atoms with Gasteiger partial charge >= 0.3 is 0 Å². The van der Waals surface area contributed by atoms with Gasteiger partial charge in [0.05, 0.1) is 12.7 Å². The first-order valence-electron chi connectivity index (χ1n) is 6.46. The predicted molar refractivity (Wildman–Crippen MR) is 84.9 cm³/mol. The van der Waals surface area contributed by atoms with E-state index < -0.39 is 0 Å². The molecule has 0 saturated carbocycles. The summed E-state index contributed by atoms with van der Waals surface area (Å²) in [6.07, 6.45) is 2.58. The molecule has 0 radical (unpaired) electrons. The number of hydrogen-bond acceptors (Lipinski definition) is 4. The van der Waals surface area contributed by atoms with Crippen LogP contribution in [0.15, 0.2) is 15.9 Å². The van der Waals surface area contributed by atoms with Crippen molar-refractivity contribution in [3.8, 4) is 0 Å². The van der Waals surface area contributed by atoms with E-state index in [1.54, 1.807) is 0 Å². The molecule has 2 nitrogen and oxygen atoms in total. The van der Waals surface area contributed by atoms with Gasteiger partial charge in [-0.15, -0.1) is 11.3 Å². The number of nitrogens with one attached hydrogen (secondary N) is 1. The van der Waals surface area contributed by atoms with E-state index in [4.69, 9.17) is 4.74 Å². The topological polar surface area (TPSA) is 21.3 Å². The minimum Gasteiger partial charge on any atom is -0.375 e. The Balaban J connectivity index is 1.97. The van der Waals surface area contributed by atoms with E-state index in [0.717, 1.165) is 31.1 Å². The summed E-state index contributed by atoms with van der Waals surface area (Å²) in [6.45, 7) is 4.17. The summed E-state index contributed by atoms with van der Waals surface area (Å²) in [4.78, 5) is 1.42. The van der Waals surface area contributed by atoms with Crippen LogP contribution in [0.25, 0.3) is 0 Å². The quantitative estimate of drug-likeness (QED) is 0.848. The molecule has 2 rings (SSSR count). The Labute approximate surface area is 126 Å². The molecular formula is C13H20BrNOS2. The number of halogens is 1. The Morgan fingerprint density at radius 1 is 1.61 bits per heavy atom. The SMILES string of the molecule is CCCNC(Cc1sccc1Br)C1CSCCO1. The molecule has 1 N–H and O–H groups in total. The Kier molecular flexibility index (Phi) is 6.52. The third-order valence-corrected chi connectivity index (χ3v) is 6.01. The smallest absolute Gasteiger partial charge is 0.0822 e. The highest BCUT2D eigenvalue weighted by atomic mass is 79.9. The van der Waals surface area contributed by atoms with Crippen LogP contribution in [0.4, 0.5) is 0 Å². The lowest BCUT2D eigenvalue weighted by molar-refractivity contribution is 0.0473. The summed E-state index contributed by atoms with van der Waals surface area (Å²) < 4.78 is 7.17. The van der Waals surface area contributed by atoms with Gasteiger partial charge in [-0.3, -0.25) is 0 Å². The van der Waals surface area contributed by atoms with Crippen molar-refractivity contribution in [2.24, 2.45) is 0 Å². The van der Waals surface area contributed by atoms with Gasteiger partial charge in [-0.25, -0.2) is 0 Å². The zero-order valence-corrected chi connectivity index (χ0v) is 13.9. The highest BCUT2D eigenvalue weighted by Crippen LogP contribution is 2.26. The molecule has 1 saturated heterocycles. The molecule has 5 heteroatoms. The fourth-order valence-corrected chi connectivity index (χ4v) is 4.59. The third-order valence-electron chi connectivity index (χ3n) is 3.04. The largest absolute Gasteiger partial charge is 0.375 e. The zero-order valence-electron chi connectivity index (χ0n) is 10.7. The van der Waals surface area contributed by atoms with E-state index in [9.17, 15) is 0 Å². The van der Waals surface area contributed by atoms with E-state index in [1.807, 2.05) is 23.1 Å². The van der Waals surface area contributed by atoms with Gasteiger partial charge in [-0.05, 0) is 40.3 Å². The Morgan fingerprint density at radius 3 is 3.11 bits per heavy atom. The second kappa shape index (κ2) is 7.90. The van der Waals surface area contributed by atoms with E-state index >= 15 is 0 Å². The van der Waals surface area contributed by atoms with Crippen molar-refractivity contribution in [3.63, 3.8) is 0 Å². The van der Waals surface area contributed by atoms with Gasteiger partial charge in [0.25, 0.3) is 0 Å². The Morgan fingerprint density at radius 2 is 2.50 bits per heavy atom. The van der Waals surface area contributed by atoms with Gasteiger partial charge < -0.3 is 10.1 Å². The third kappa shape index (κ3) is 4.23. The van der Waals surface area contributed by atoms with Crippen molar-refractivity contribution in [3.05, 3.63) is 20.8 Å². The summed E-state index contributed by atoms with van der Waals surface area (Å²) >= 11 is 7.46. The second-order valence-electron chi connectivity index (χ2n) is 4.44. The molecule has 1 aromatic heterocycles. The average Bonchev–Trinajstić information content (AvgIpc) is 2.81. The van der Waals surface area contributed by atoms with Crippen molar-refractivity contribution in [2.75, 3.05) is 24.7 Å². The Hall–Kier alpha value is 0.450. The van der Waals surface area contributed by atoms with Gasteiger partial charge in [0, 0.05) is 33.3 Å². The maximum atomic E-state index is 5.93. The van der Waals surface area contributed by atoms with Crippen LogP contribution in [0.3, 0.4) is 0 Å². The van der Waals surface area contributed by atoms with E-state index in [0.29, 0.717) is 12.1 Å². The number of thioether (sulfide) groups is 1. The molecule has 1 aliphatic rings. The maximum absolute atomic E-state index is 5.93. The maximum Gasteiger partial charge on any atom is 0.0822 e. The first kappa shape index (κ1) is 14.9. The summed E-state index contributed by atoms with van der Waals surface area (Å²) in [7, 11) is 0. The fourth-order valence-electron chi connectivity index (χ4n) is 2.07. The van der Waals surface area contributed by atoms with Crippen LogP contribution in [0.5, 0.6) is 0 Å². The zero-order chi connectivity index (χ0) is 12.8. The molecular weight excluding hydrogens is 330 g/mol. The molecule has 2 atom stereocenters. The fraction of sp³-hybridized carbons (Fsp3) is 0.692. The first-order valence-corrected chi connectivity index (χ1v) is 9.28. The standard InChI is InChI=1S/C13H20BrNOS2/c1-2-4-15-11(12-9-17-7-5-16-12)8-13-10(14)3-6-18-13/h3,6,11-12,15H,2,4-5,7-9H2,1H3. The minimum atomic E-state index is 0.351. The van der Waals surface area contributed by atoms with Crippen molar-refractivity contribution >= 4 is 39.0 Å². The van der Waals surface area contributed by atoms with Gasteiger partial charge in [0.1, 0.15) is 0 Å². The molecule has 0 aliphatic carbocycles. The van der Waals surface area contributed by atoms with Crippen molar-refractivity contribution < 1.29 is 4.74 Å². The second-order valence-corrected chi connectivity index (χ2v) is 7.45. The lowest BCUT2D eigenvalue weighted by Crippen LogP contribution is -2.46. The monoisotopic (exact) mass is 349 g/mol. The van der Waals surface area contributed by atoms with Crippen LogP contribution in [-0.2, 0) is 11.2 Å². The molecule has 2 unspecified atom stereocenters. The van der Waals surface area contributed by atoms with E-state index in [2.05, 4.69) is 39.6 Å². The number of rotatable bonds is 6. The molecule has 0 amide bonds. The van der Waals surface area contributed by atoms with Crippen LogP contribution < -0.4 is 5.32 Å². The molecule has 0 bridgehead atoms.